The van der Waals surface area contributed by atoms with Crippen LogP contribution >= 0.6 is 0 Å². The summed E-state index contributed by atoms with van der Waals surface area (Å²) in [5.74, 6) is 0.738. The van der Waals surface area contributed by atoms with E-state index in [-0.39, 0.29) is 5.91 Å². The quantitative estimate of drug-likeness (QED) is 0.905. The molecular formula is C16H20N4O. The van der Waals surface area contributed by atoms with Gasteiger partial charge in [0.25, 0.3) is 0 Å². The maximum atomic E-state index is 11.9. The molecule has 0 bridgehead atoms. The molecule has 2 aromatic heterocycles. The van der Waals surface area contributed by atoms with Crippen LogP contribution in [-0.4, -0.2) is 15.9 Å². The van der Waals surface area contributed by atoms with E-state index < -0.39 is 5.41 Å². The molecule has 21 heavy (non-hydrogen) atoms. The molecule has 0 aliphatic heterocycles. The molecule has 0 saturated carbocycles. The van der Waals surface area contributed by atoms with Crippen molar-refractivity contribution in [3.8, 4) is 0 Å². The van der Waals surface area contributed by atoms with E-state index in [2.05, 4.69) is 20.6 Å². The standard InChI is InChI=1S/C16H20N4O/c1-16(2,3)15(21)20-13-4-5-14(19-11-13)18-10-12-6-8-17-9-7-12/h4-9,11H,10H2,1-3H3,(H,18,19)(H,20,21). The number of nitrogens with zero attached hydrogens (tertiary/aromatic N) is 2. The summed E-state index contributed by atoms with van der Waals surface area (Å²) in [5.41, 5.74) is 1.42. The van der Waals surface area contributed by atoms with Crippen molar-refractivity contribution >= 4 is 17.4 Å². The summed E-state index contributed by atoms with van der Waals surface area (Å²) in [7, 11) is 0. The molecule has 1 amide bonds. The van der Waals surface area contributed by atoms with Crippen LogP contribution < -0.4 is 10.6 Å². The van der Waals surface area contributed by atoms with E-state index in [0.717, 1.165) is 11.4 Å². The largest absolute Gasteiger partial charge is 0.366 e. The highest BCUT2D eigenvalue weighted by atomic mass is 16.2. The predicted molar refractivity (Wildman–Crippen MR) is 83.9 cm³/mol. The van der Waals surface area contributed by atoms with Crippen LogP contribution in [0.2, 0.25) is 0 Å². The first-order chi connectivity index (χ1) is 9.95. The van der Waals surface area contributed by atoms with E-state index in [4.69, 9.17) is 0 Å². The number of aromatic nitrogens is 2. The summed E-state index contributed by atoms with van der Waals surface area (Å²) in [5, 5.41) is 6.07. The maximum Gasteiger partial charge on any atom is 0.229 e. The highest BCUT2D eigenvalue weighted by molar-refractivity contribution is 5.94. The molecule has 2 heterocycles. The van der Waals surface area contributed by atoms with Crippen molar-refractivity contribution in [1.29, 1.82) is 0 Å². The molecule has 5 nitrogen and oxygen atoms in total. The number of hydrogen-bond acceptors (Lipinski definition) is 4. The lowest BCUT2D eigenvalue weighted by Gasteiger charge is -2.17. The van der Waals surface area contributed by atoms with Gasteiger partial charge in [-0.15, -0.1) is 0 Å². The number of nitrogens with one attached hydrogen (secondary N) is 2. The first kappa shape index (κ1) is 15.0. The van der Waals surface area contributed by atoms with E-state index in [0.29, 0.717) is 12.2 Å². The Bertz CT molecular complexity index is 588. The number of amides is 1. The minimum atomic E-state index is -0.418. The molecule has 0 aliphatic carbocycles. The van der Waals surface area contributed by atoms with Crippen molar-refractivity contribution < 1.29 is 4.79 Å². The zero-order valence-corrected chi connectivity index (χ0v) is 12.6. The van der Waals surface area contributed by atoms with E-state index in [1.807, 2.05) is 45.0 Å². The van der Waals surface area contributed by atoms with Crippen LogP contribution in [0, 0.1) is 5.41 Å². The molecule has 0 atom stereocenters. The van der Waals surface area contributed by atoms with Crippen LogP contribution in [0.25, 0.3) is 0 Å². The van der Waals surface area contributed by atoms with Gasteiger partial charge in [0.1, 0.15) is 5.82 Å². The smallest absolute Gasteiger partial charge is 0.229 e. The Morgan fingerprint density at radius 3 is 2.43 bits per heavy atom. The van der Waals surface area contributed by atoms with Gasteiger partial charge < -0.3 is 10.6 Å². The predicted octanol–water partition coefficient (Wildman–Crippen LogP) is 3.07. The molecule has 0 saturated heterocycles. The second-order valence-corrected chi connectivity index (χ2v) is 5.85. The topological polar surface area (TPSA) is 66.9 Å². The number of hydrogen-bond donors (Lipinski definition) is 2. The highest BCUT2D eigenvalue weighted by Crippen LogP contribution is 2.17. The van der Waals surface area contributed by atoms with Gasteiger partial charge in [0.15, 0.2) is 0 Å². The summed E-state index contributed by atoms with van der Waals surface area (Å²) in [6.45, 7) is 6.31. The van der Waals surface area contributed by atoms with Crippen LogP contribution in [0.3, 0.4) is 0 Å². The summed E-state index contributed by atoms with van der Waals surface area (Å²) in [6, 6.07) is 7.58. The molecule has 2 rings (SSSR count). The molecular weight excluding hydrogens is 264 g/mol. The first-order valence-electron chi connectivity index (χ1n) is 6.85. The van der Waals surface area contributed by atoms with E-state index in [1.165, 1.54) is 0 Å². The Morgan fingerprint density at radius 1 is 1.14 bits per heavy atom. The molecule has 0 aromatic carbocycles. The average Bonchev–Trinajstić information content (AvgIpc) is 2.46. The van der Waals surface area contributed by atoms with Gasteiger partial charge in [-0.1, -0.05) is 20.8 Å². The fraction of sp³-hybridized carbons (Fsp3) is 0.312. The minimum absolute atomic E-state index is 0.0261. The van der Waals surface area contributed by atoms with Gasteiger partial charge >= 0.3 is 0 Å². The van der Waals surface area contributed by atoms with Gasteiger partial charge in [-0.2, -0.15) is 0 Å². The number of rotatable bonds is 4. The van der Waals surface area contributed by atoms with Crippen LogP contribution in [-0.2, 0) is 11.3 Å². The third kappa shape index (κ3) is 4.56. The van der Waals surface area contributed by atoms with Crippen molar-refractivity contribution in [1.82, 2.24) is 9.97 Å². The van der Waals surface area contributed by atoms with Crippen molar-refractivity contribution in [2.24, 2.45) is 5.41 Å². The Morgan fingerprint density at radius 2 is 1.86 bits per heavy atom. The lowest BCUT2D eigenvalue weighted by molar-refractivity contribution is -0.123. The number of anilines is 2. The monoisotopic (exact) mass is 284 g/mol. The lowest BCUT2D eigenvalue weighted by Crippen LogP contribution is -2.27. The van der Waals surface area contributed by atoms with Gasteiger partial charge in [-0.25, -0.2) is 4.98 Å². The lowest BCUT2D eigenvalue weighted by atomic mass is 9.96. The number of carbonyl (C=O) groups is 1. The van der Waals surface area contributed by atoms with Crippen molar-refractivity contribution in [2.75, 3.05) is 10.6 Å². The molecule has 0 unspecified atom stereocenters. The Hall–Kier alpha value is -2.43. The van der Waals surface area contributed by atoms with Crippen molar-refractivity contribution in [3.05, 3.63) is 48.4 Å². The molecule has 110 valence electrons. The summed E-state index contributed by atoms with van der Waals surface area (Å²) < 4.78 is 0. The van der Waals surface area contributed by atoms with Gasteiger partial charge in [0.05, 0.1) is 11.9 Å². The second-order valence-electron chi connectivity index (χ2n) is 5.85. The van der Waals surface area contributed by atoms with Crippen LogP contribution in [0.4, 0.5) is 11.5 Å². The summed E-state index contributed by atoms with van der Waals surface area (Å²) in [6.07, 6.45) is 5.17. The SMILES string of the molecule is CC(C)(C)C(=O)Nc1ccc(NCc2ccncc2)nc1. The van der Waals surface area contributed by atoms with E-state index >= 15 is 0 Å². The molecule has 0 fully saturated rings. The molecule has 0 spiro atoms. The number of pyridine rings is 2. The fourth-order valence-corrected chi connectivity index (χ4v) is 1.58. The minimum Gasteiger partial charge on any atom is -0.366 e. The average molecular weight is 284 g/mol. The molecule has 0 radical (unpaired) electrons. The summed E-state index contributed by atoms with van der Waals surface area (Å²) in [4.78, 5) is 20.1. The highest BCUT2D eigenvalue weighted by Gasteiger charge is 2.21. The molecule has 2 aromatic rings. The van der Waals surface area contributed by atoms with Crippen LogP contribution in [0.15, 0.2) is 42.9 Å². The fourth-order valence-electron chi connectivity index (χ4n) is 1.58. The van der Waals surface area contributed by atoms with E-state index in [9.17, 15) is 4.79 Å². The van der Waals surface area contributed by atoms with Crippen LogP contribution in [0.1, 0.15) is 26.3 Å². The third-order valence-electron chi connectivity index (χ3n) is 2.93. The molecule has 0 aliphatic rings. The van der Waals surface area contributed by atoms with Crippen LogP contribution in [0.5, 0.6) is 0 Å². The van der Waals surface area contributed by atoms with E-state index in [1.54, 1.807) is 18.6 Å². The van der Waals surface area contributed by atoms with Gasteiger partial charge in [-0.3, -0.25) is 9.78 Å². The first-order valence-corrected chi connectivity index (χ1v) is 6.85. The Kier molecular flexibility index (Phi) is 4.52. The Balaban J connectivity index is 1.92. The Labute approximate surface area is 124 Å². The second kappa shape index (κ2) is 6.35. The zero-order chi connectivity index (χ0) is 15.3. The molecule has 2 N–H and O–H groups in total. The third-order valence-corrected chi connectivity index (χ3v) is 2.93. The zero-order valence-electron chi connectivity index (χ0n) is 12.6. The number of carbonyl (C=O) groups excluding carboxylic acids is 1. The van der Waals surface area contributed by atoms with Gasteiger partial charge in [0.2, 0.25) is 5.91 Å². The normalized spacial score (nSPS) is 11.0. The van der Waals surface area contributed by atoms with Crippen molar-refractivity contribution in [3.63, 3.8) is 0 Å². The van der Waals surface area contributed by atoms with Crippen molar-refractivity contribution in [2.45, 2.75) is 27.3 Å². The molecule has 5 heteroatoms. The van der Waals surface area contributed by atoms with Gasteiger partial charge in [0, 0.05) is 24.4 Å². The van der Waals surface area contributed by atoms with Gasteiger partial charge in [-0.05, 0) is 29.8 Å². The summed E-state index contributed by atoms with van der Waals surface area (Å²) >= 11 is 0. The maximum absolute atomic E-state index is 11.9.